The molecule has 1 aromatic carbocycles. The van der Waals surface area contributed by atoms with Gasteiger partial charge in [0, 0.05) is 18.2 Å². The van der Waals surface area contributed by atoms with Crippen molar-refractivity contribution in [2.75, 3.05) is 20.7 Å². The fourth-order valence-corrected chi connectivity index (χ4v) is 1.97. The third-order valence-corrected chi connectivity index (χ3v) is 3.30. The maximum atomic E-state index is 13.8. The van der Waals surface area contributed by atoms with Crippen LogP contribution in [0.25, 0.3) is 0 Å². The number of halogens is 1. The van der Waals surface area contributed by atoms with Gasteiger partial charge in [0.15, 0.2) is 11.6 Å². The van der Waals surface area contributed by atoms with Crippen molar-refractivity contribution in [1.82, 2.24) is 10.2 Å². The summed E-state index contributed by atoms with van der Waals surface area (Å²) >= 11 is 0. The molecule has 0 heterocycles. The molecule has 4 nitrogen and oxygen atoms in total. The van der Waals surface area contributed by atoms with Crippen LogP contribution in [0.1, 0.15) is 18.4 Å². The molecule has 0 spiro atoms. The fourth-order valence-electron chi connectivity index (χ4n) is 1.97. The zero-order chi connectivity index (χ0) is 13.8. The molecular formula is C14H19FN2O2. The summed E-state index contributed by atoms with van der Waals surface area (Å²) in [5.41, 5.74) is 0.432. The Morgan fingerprint density at radius 2 is 2.26 bits per heavy atom. The van der Waals surface area contributed by atoms with Crippen LogP contribution >= 0.6 is 0 Å². The second kappa shape index (κ2) is 6.02. The molecule has 5 heteroatoms. The third-order valence-electron chi connectivity index (χ3n) is 3.30. The molecule has 0 atom stereocenters. The zero-order valence-electron chi connectivity index (χ0n) is 11.3. The molecule has 0 unspecified atom stereocenters. The van der Waals surface area contributed by atoms with E-state index in [2.05, 4.69) is 5.32 Å². The SMILES string of the molecule is COc1cccc(CNC(=O)CN(C)C2CC2)c1F. The molecule has 1 aliphatic carbocycles. The topological polar surface area (TPSA) is 41.6 Å². The molecule has 19 heavy (non-hydrogen) atoms. The lowest BCUT2D eigenvalue weighted by Crippen LogP contribution is -2.36. The van der Waals surface area contributed by atoms with Crippen LogP contribution in [0.2, 0.25) is 0 Å². The number of carbonyl (C=O) groups is 1. The largest absolute Gasteiger partial charge is 0.494 e. The molecule has 1 N–H and O–H groups in total. The minimum absolute atomic E-state index is 0.0865. The Bertz CT molecular complexity index is 461. The Hall–Kier alpha value is -1.62. The van der Waals surface area contributed by atoms with Crippen molar-refractivity contribution in [3.63, 3.8) is 0 Å². The third kappa shape index (κ3) is 3.67. The van der Waals surface area contributed by atoms with E-state index in [1.807, 2.05) is 11.9 Å². The molecule has 0 bridgehead atoms. The van der Waals surface area contributed by atoms with Gasteiger partial charge in [-0.2, -0.15) is 0 Å². The summed E-state index contributed by atoms with van der Waals surface area (Å²) in [6, 6.07) is 5.45. The van der Waals surface area contributed by atoms with Gasteiger partial charge < -0.3 is 10.1 Å². The van der Waals surface area contributed by atoms with E-state index in [0.717, 1.165) is 12.8 Å². The highest BCUT2D eigenvalue weighted by molar-refractivity contribution is 5.78. The number of nitrogens with zero attached hydrogens (tertiary/aromatic N) is 1. The first-order valence-electron chi connectivity index (χ1n) is 6.40. The Kier molecular flexibility index (Phi) is 4.37. The zero-order valence-corrected chi connectivity index (χ0v) is 11.3. The van der Waals surface area contributed by atoms with Gasteiger partial charge in [-0.25, -0.2) is 4.39 Å². The fraction of sp³-hybridized carbons (Fsp3) is 0.500. The van der Waals surface area contributed by atoms with Crippen LogP contribution in [0.15, 0.2) is 18.2 Å². The van der Waals surface area contributed by atoms with E-state index >= 15 is 0 Å². The second-order valence-corrected chi connectivity index (χ2v) is 4.86. The van der Waals surface area contributed by atoms with Gasteiger partial charge >= 0.3 is 0 Å². The monoisotopic (exact) mass is 266 g/mol. The van der Waals surface area contributed by atoms with Crippen LogP contribution in [0, 0.1) is 5.82 Å². The van der Waals surface area contributed by atoms with E-state index in [-0.39, 0.29) is 18.2 Å². The van der Waals surface area contributed by atoms with Gasteiger partial charge in [0.25, 0.3) is 0 Å². The molecule has 0 saturated heterocycles. The van der Waals surface area contributed by atoms with E-state index in [1.54, 1.807) is 18.2 Å². The first kappa shape index (κ1) is 13.8. The molecule has 1 fully saturated rings. The smallest absolute Gasteiger partial charge is 0.234 e. The number of methoxy groups -OCH3 is 1. The van der Waals surface area contributed by atoms with Crippen LogP contribution in [0.5, 0.6) is 5.75 Å². The van der Waals surface area contributed by atoms with E-state index in [0.29, 0.717) is 18.2 Å². The maximum Gasteiger partial charge on any atom is 0.234 e. The summed E-state index contributed by atoms with van der Waals surface area (Å²) in [6.45, 7) is 0.538. The van der Waals surface area contributed by atoms with E-state index < -0.39 is 5.82 Å². The van der Waals surface area contributed by atoms with Crippen LogP contribution in [-0.2, 0) is 11.3 Å². The molecule has 0 aliphatic heterocycles. The number of hydrogen-bond donors (Lipinski definition) is 1. The highest BCUT2D eigenvalue weighted by Gasteiger charge is 2.27. The van der Waals surface area contributed by atoms with Gasteiger partial charge in [-0.3, -0.25) is 9.69 Å². The number of nitrogens with one attached hydrogen (secondary N) is 1. The van der Waals surface area contributed by atoms with E-state index in [4.69, 9.17) is 4.74 Å². The summed E-state index contributed by atoms with van der Waals surface area (Å²) in [5, 5.41) is 2.73. The first-order valence-corrected chi connectivity index (χ1v) is 6.40. The highest BCUT2D eigenvalue weighted by Crippen LogP contribution is 2.24. The molecular weight excluding hydrogens is 247 g/mol. The molecule has 0 aromatic heterocycles. The number of ether oxygens (including phenoxy) is 1. The quantitative estimate of drug-likeness (QED) is 0.849. The maximum absolute atomic E-state index is 13.8. The Morgan fingerprint density at radius 3 is 2.89 bits per heavy atom. The van der Waals surface area contributed by atoms with Gasteiger partial charge in [-0.05, 0) is 26.0 Å². The molecule has 1 aromatic rings. The lowest BCUT2D eigenvalue weighted by Gasteiger charge is -2.15. The Morgan fingerprint density at radius 1 is 1.53 bits per heavy atom. The molecule has 104 valence electrons. The predicted octanol–water partition coefficient (Wildman–Crippen LogP) is 1.54. The van der Waals surface area contributed by atoms with Crippen LogP contribution in [0.3, 0.4) is 0 Å². The van der Waals surface area contributed by atoms with Crippen molar-refractivity contribution in [1.29, 1.82) is 0 Å². The number of carbonyl (C=O) groups excluding carboxylic acids is 1. The number of rotatable bonds is 6. The van der Waals surface area contributed by atoms with Crippen LogP contribution < -0.4 is 10.1 Å². The second-order valence-electron chi connectivity index (χ2n) is 4.86. The number of hydrogen-bond acceptors (Lipinski definition) is 3. The lowest BCUT2D eigenvalue weighted by atomic mass is 10.2. The molecule has 1 saturated carbocycles. The summed E-state index contributed by atoms with van der Waals surface area (Å²) in [7, 11) is 3.36. The van der Waals surface area contributed by atoms with Crippen molar-refractivity contribution in [2.45, 2.75) is 25.4 Å². The summed E-state index contributed by atoms with van der Waals surface area (Å²) in [5.74, 6) is -0.306. The predicted molar refractivity (Wildman–Crippen MR) is 70.5 cm³/mol. The average molecular weight is 266 g/mol. The van der Waals surface area contributed by atoms with Gasteiger partial charge in [0.05, 0.1) is 13.7 Å². The van der Waals surface area contributed by atoms with Crippen molar-refractivity contribution in [3.05, 3.63) is 29.6 Å². The van der Waals surface area contributed by atoms with E-state index in [9.17, 15) is 9.18 Å². The summed E-state index contributed by atoms with van der Waals surface area (Å²) in [6.07, 6.45) is 2.32. The lowest BCUT2D eigenvalue weighted by molar-refractivity contribution is -0.122. The highest BCUT2D eigenvalue weighted by atomic mass is 19.1. The standard InChI is InChI=1S/C14H19FN2O2/c1-17(11-6-7-11)9-13(18)16-8-10-4-3-5-12(19-2)14(10)15/h3-5,11H,6-9H2,1-2H3,(H,16,18). The number of benzene rings is 1. The average Bonchev–Trinajstić information content (AvgIpc) is 3.21. The van der Waals surface area contributed by atoms with E-state index in [1.165, 1.54) is 7.11 Å². The Labute approximate surface area is 112 Å². The summed E-state index contributed by atoms with van der Waals surface area (Å²) in [4.78, 5) is 13.7. The van der Waals surface area contributed by atoms with Crippen molar-refractivity contribution >= 4 is 5.91 Å². The minimum Gasteiger partial charge on any atom is -0.494 e. The van der Waals surface area contributed by atoms with Crippen molar-refractivity contribution in [3.8, 4) is 5.75 Å². The molecule has 1 aliphatic rings. The summed E-state index contributed by atoms with van der Waals surface area (Å²) < 4.78 is 18.7. The van der Waals surface area contributed by atoms with Crippen LogP contribution in [0.4, 0.5) is 4.39 Å². The molecule has 0 radical (unpaired) electrons. The van der Waals surface area contributed by atoms with Crippen molar-refractivity contribution < 1.29 is 13.9 Å². The normalized spacial score (nSPS) is 14.5. The Balaban J connectivity index is 1.85. The van der Waals surface area contributed by atoms with Gasteiger partial charge in [0.2, 0.25) is 5.91 Å². The van der Waals surface area contributed by atoms with Gasteiger partial charge in [-0.1, -0.05) is 12.1 Å². The molecule has 2 rings (SSSR count). The number of likely N-dealkylation sites (N-methyl/N-ethyl adjacent to an activating group) is 1. The van der Waals surface area contributed by atoms with Crippen LogP contribution in [-0.4, -0.2) is 37.6 Å². The first-order chi connectivity index (χ1) is 9.11. The minimum atomic E-state index is -0.416. The van der Waals surface area contributed by atoms with Gasteiger partial charge in [-0.15, -0.1) is 0 Å². The molecule has 1 amide bonds. The van der Waals surface area contributed by atoms with Gasteiger partial charge in [0.1, 0.15) is 0 Å². The number of amides is 1. The van der Waals surface area contributed by atoms with Crippen molar-refractivity contribution in [2.24, 2.45) is 0 Å².